The van der Waals surface area contributed by atoms with Gasteiger partial charge in [0.1, 0.15) is 18.1 Å². The minimum atomic E-state index is -0.478. The Hall–Kier alpha value is -4.42. The van der Waals surface area contributed by atoms with Crippen LogP contribution >= 0.6 is 0 Å². The van der Waals surface area contributed by atoms with Gasteiger partial charge in [-0.3, -0.25) is 0 Å². The number of benzene rings is 4. The van der Waals surface area contributed by atoms with Crippen molar-refractivity contribution < 1.29 is 28.5 Å². The number of esters is 2. The maximum Gasteiger partial charge on any atom is 0.343 e. The predicted molar refractivity (Wildman–Crippen MR) is 169 cm³/mol. The van der Waals surface area contributed by atoms with E-state index in [-0.39, 0.29) is 12.7 Å². The molecule has 4 rings (SSSR count). The molecule has 4 aromatic rings. The Morgan fingerprint density at radius 2 is 1.23 bits per heavy atom. The maximum atomic E-state index is 12.7. The van der Waals surface area contributed by atoms with Crippen LogP contribution in [0.2, 0.25) is 0 Å². The Morgan fingerprint density at radius 3 is 1.91 bits per heavy atom. The van der Waals surface area contributed by atoms with Crippen LogP contribution in [-0.2, 0) is 16.1 Å². The molecule has 0 saturated heterocycles. The first-order chi connectivity index (χ1) is 21.0. The summed E-state index contributed by atoms with van der Waals surface area (Å²) in [4.78, 5) is 25.1. The number of hydrogen-bond acceptors (Lipinski definition) is 6. The number of rotatable bonds is 16. The van der Waals surface area contributed by atoms with Crippen LogP contribution in [-0.4, -0.2) is 31.3 Å². The van der Waals surface area contributed by atoms with Gasteiger partial charge in [-0.15, -0.1) is 0 Å². The largest absolute Gasteiger partial charge is 0.494 e. The zero-order valence-corrected chi connectivity index (χ0v) is 25.0. The molecule has 0 amide bonds. The third-order valence-electron chi connectivity index (χ3n) is 6.95. The highest BCUT2D eigenvalue weighted by atomic mass is 16.6. The van der Waals surface area contributed by atoms with Gasteiger partial charge >= 0.3 is 11.9 Å². The predicted octanol–water partition coefficient (Wildman–Crippen LogP) is 8.68. The lowest BCUT2D eigenvalue weighted by atomic mass is 10.0. The molecule has 6 nitrogen and oxygen atoms in total. The molecule has 6 heteroatoms. The summed E-state index contributed by atoms with van der Waals surface area (Å²) >= 11 is 0. The van der Waals surface area contributed by atoms with E-state index in [9.17, 15) is 9.59 Å². The zero-order chi connectivity index (χ0) is 30.3. The average Bonchev–Trinajstić information content (AvgIpc) is 3.05. The van der Waals surface area contributed by atoms with E-state index in [2.05, 4.69) is 6.92 Å². The van der Waals surface area contributed by atoms with Gasteiger partial charge in [-0.2, -0.15) is 0 Å². The van der Waals surface area contributed by atoms with E-state index in [4.69, 9.17) is 18.9 Å². The summed E-state index contributed by atoms with van der Waals surface area (Å²) < 4.78 is 22.5. The summed E-state index contributed by atoms with van der Waals surface area (Å²) in [7, 11) is 0. The van der Waals surface area contributed by atoms with Gasteiger partial charge in [0, 0.05) is 0 Å². The van der Waals surface area contributed by atoms with Crippen molar-refractivity contribution >= 4 is 11.9 Å². The Kier molecular flexibility index (Phi) is 12.4. The molecule has 0 aliphatic carbocycles. The number of carbonyl (C=O) groups excluding carboxylic acids is 2. The van der Waals surface area contributed by atoms with Crippen LogP contribution in [0.25, 0.3) is 11.1 Å². The summed E-state index contributed by atoms with van der Waals surface area (Å²) in [6.07, 6.45) is 5.80. The van der Waals surface area contributed by atoms with Crippen LogP contribution < -0.4 is 9.47 Å². The van der Waals surface area contributed by atoms with Gasteiger partial charge in [0.2, 0.25) is 0 Å². The van der Waals surface area contributed by atoms with Crippen molar-refractivity contribution in [3.63, 3.8) is 0 Å². The summed E-state index contributed by atoms with van der Waals surface area (Å²) in [5, 5.41) is 0. The first-order valence-electron chi connectivity index (χ1n) is 15.0. The molecule has 4 aromatic carbocycles. The van der Waals surface area contributed by atoms with Crippen molar-refractivity contribution in [2.75, 3.05) is 13.2 Å². The van der Waals surface area contributed by atoms with Crippen LogP contribution in [0.15, 0.2) is 103 Å². The number of ether oxygens (including phenoxy) is 4. The first kappa shape index (κ1) is 31.5. The standard InChI is InChI=1S/C37H40O6/c1-3-4-5-6-10-25-40-34-21-17-31(18-22-34)30-13-15-33(16-14-30)37(39)43-35-23-19-32(20-24-35)36(38)42-26-28(2)41-27-29-11-8-7-9-12-29/h7-9,11-24,28H,3-6,10,25-27H2,1-2H3/t28-/m0/s1. The van der Waals surface area contributed by atoms with E-state index in [0.29, 0.717) is 23.5 Å². The molecule has 0 saturated carbocycles. The van der Waals surface area contributed by atoms with E-state index in [0.717, 1.165) is 35.5 Å². The van der Waals surface area contributed by atoms with Crippen molar-refractivity contribution in [3.8, 4) is 22.6 Å². The molecular weight excluding hydrogens is 540 g/mol. The molecule has 0 bridgehead atoms. The minimum Gasteiger partial charge on any atom is -0.494 e. The van der Waals surface area contributed by atoms with Crippen molar-refractivity contribution in [1.82, 2.24) is 0 Å². The molecule has 0 aliphatic heterocycles. The molecular formula is C37H40O6. The topological polar surface area (TPSA) is 71.1 Å². The SMILES string of the molecule is CCCCCCCOc1ccc(-c2ccc(C(=O)Oc3ccc(C(=O)OC[C@H](C)OCc4ccccc4)cc3)cc2)cc1. The second-order valence-electron chi connectivity index (χ2n) is 10.5. The normalized spacial score (nSPS) is 11.5. The van der Waals surface area contributed by atoms with E-state index >= 15 is 0 Å². The number of carbonyl (C=O) groups is 2. The molecule has 0 heterocycles. The van der Waals surface area contributed by atoms with E-state index in [1.807, 2.05) is 73.7 Å². The molecule has 1 atom stereocenters. The lowest BCUT2D eigenvalue weighted by Crippen LogP contribution is -2.19. The summed E-state index contributed by atoms with van der Waals surface area (Å²) in [5.41, 5.74) is 3.88. The quantitative estimate of drug-likeness (QED) is 0.0750. The van der Waals surface area contributed by atoms with Crippen molar-refractivity contribution in [1.29, 1.82) is 0 Å². The molecule has 0 N–H and O–H groups in total. The van der Waals surface area contributed by atoms with Gasteiger partial charge < -0.3 is 18.9 Å². The fourth-order valence-electron chi connectivity index (χ4n) is 4.40. The maximum absolute atomic E-state index is 12.7. The van der Waals surface area contributed by atoms with E-state index in [1.54, 1.807) is 36.4 Å². The minimum absolute atomic E-state index is 0.134. The number of hydrogen-bond donors (Lipinski definition) is 0. The fourth-order valence-corrected chi connectivity index (χ4v) is 4.40. The molecule has 0 unspecified atom stereocenters. The average molecular weight is 581 g/mol. The third-order valence-corrected chi connectivity index (χ3v) is 6.95. The van der Waals surface area contributed by atoms with Crippen molar-refractivity contribution in [2.24, 2.45) is 0 Å². The van der Waals surface area contributed by atoms with Crippen LogP contribution in [0, 0.1) is 0 Å². The van der Waals surface area contributed by atoms with Gasteiger partial charge in [0.25, 0.3) is 0 Å². The van der Waals surface area contributed by atoms with Crippen molar-refractivity contribution in [2.45, 2.75) is 58.7 Å². The lowest BCUT2D eigenvalue weighted by molar-refractivity contribution is -0.00690. The smallest absolute Gasteiger partial charge is 0.343 e. The van der Waals surface area contributed by atoms with Crippen LogP contribution in [0.4, 0.5) is 0 Å². The van der Waals surface area contributed by atoms with Gasteiger partial charge in [0.05, 0.1) is 30.4 Å². The lowest BCUT2D eigenvalue weighted by Gasteiger charge is -2.13. The molecule has 0 radical (unpaired) electrons. The molecule has 0 spiro atoms. The van der Waals surface area contributed by atoms with E-state index in [1.165, 1.54) is 25.7 Å². The van der Waals surface area contributed by atoms with Crippen LogP contribution in [0.5, 0.6) is 11.5 Å². The summed E-state index contributed by atoms with van der Waals surface area (Å²) in [6, 6.07) is 31.4. The van der Waals surface area contributed by atoms with Gasteiger partial charge in [-0.25, -0.2) is 9.59 Å². The molecule has 43 heavy (non-hydrogen) atoms. The molecule has 0 fully saturated rings. The van der Waals surface area contributed by atoms with Crippen LogP contribution in [0.3, 0.4) is 0 Å². The monoisotopic (exact) mass is 580 g/mol. The van der Waals surface area contributed by atoms with Gasteiger partial charge in [0.15, 0.2) is 0 Å². The first-order valence-corrected chi connectivity index (χ1v) is 15.0. The summed E-state index contributed by atoms with van der Waals surface area (Å²) in [5.74, 6) is 0.256. The van der Waals surface area contributed by atoms with Gasteiger partial charge in [-0.1, -0.05) is 87.2 Å². The molecule has 224 valence electrons. The Balaban J connectivity index is 1.20. The van der Waals surface area contributed by atoms with Gasteiger partial charge in [-0.05, 0) is 78.6 Å². The highest BCUT2D eigenvalue weighted by molar-refractivity contribution is 5.92. The zero-order valence-electron chi connectivity index (χ0n) is 25.0. The highest BCUT2D eigenvalue weighted by Gasteiger charge is 2.13. The van der Waals surface area contributed by atoms with E-state index < -0.39 is 11.9 Å². The molecule has 0 aliphatic rings. The van der Waals surface area contributed by atoms with Crippen molar-refractivity contribution in [3.05, 3.63) is 120 Å². The molecule has 0 aromatic heterocycles. The Labute approximate surface area is 254 Å². The third kappa shape index (κ3) is 10.4. The number of unbranched alkanes of at least 4 members (excludes halogenated alkanes) is 4. The fraction of sp³-hybridized carbons (Fsp3) is 0.297. The Bertz CT molecular complexity index is 1400. The second kappa shape index (κ2) is 16.9. The summed E-state index contributed by atoms with van der Waals surface area (Å²) in [6.45, 7) is 5.39. The Morgan fingerprint density at radius 1 is 0.651 bits per heavy atom. The van der Waals surface area contributed by atoms with Crippen LogP contribution in [0.1, 0.15) is 72.2 Å². The highest BCUT2D eigenvalue weighted by Crippen LogP contribution is 2.24. The second-order valence-corrected chi connectivity index (χ2v) is 10.5.